The Bertz CT molecular complexity index is 497. The van der Waals surface area contributed by atoms with Crippen LogP contribution in [0.1, 0.15) is 10.4 Å². The zero-order valence-corrected chi connectivity index (χ0v) is 9.02. The van der Waals surface area contributed by atoms with Gasteiger partial charge in [0.1, 0.15) is 11.5 Å². The monoisotopic (exact) mass is 233 g/mol. The van der Waals surface area contributed by atoms with Crippen molar-refractivity contribution in [2.45, 2.75) is 0 Å². The van der Waals surface area contributed by atoms with Gasteiger partial charge >= 0.3 is 0 Å². The number of ether oxygens (including phenoxy) is 1. The summed E-state index contributed by atoms with van der Waals surface area (Å²) >= 11 is 5.75. The Morgan fingerprint density at radius 2 is 1.88 bits per heavy atom. The molecule has 0 unspecified atom stereocenters. The summed E-state index contributed by atoms with van der Waals surface area (Å²) in [5.74, 6) is 1.17. The summed E-state index contributed by atoms with van der Waals surface area (Å²) in [4.78, 5) is 14.4. The second kappa shape index (κ2) is 4.77. The van der Waals surface area contributed by atoms with Gasteiger partial charge in [0.15, 0.2) is 6.29 Å². The number of rotatable bonds is 3. The smallest absolute Gasteiger partial charge is 0.151 e. The van der Waals surface area contributed by atoms with Crippen LogP contribution in [-0.2, 0) is 0 Å². The first-order chi connectivity index (χ1) is 7.78. The number of benzene rings is 1. The van der Waals surface area contributed by atoms with Crippen LogP contribution in [0, 0.1) is 0 Å². The molecule has 0 saturated heterocycles. The highest BCUT2D eigenvalue weighted by Crippen LogP contribution is 2.22. The minimum atomic E-state index is 0.478. The fourth-order valence-electron chi connectivity index (χ4n) is 1.19. The molecule has 0 aliphatic rings. The molecule has 1 aromatic heterocycles. The molecular weight excluding hydrogens is 226 g/mol. The Morgan fingerprint density at radius 3 is 2.56 bits per heavy atom. The molecule has 0 saturated carbocycles. The van der Waals surface area contributed by atoms with Gasteiger partial charge in [-0.05, 0) is 30.3 Å². The first kappa shape index (κ1) is 10.6. The summed E-state index contributed by atoms with van der Waals surface area (Å²) in [6.45, 7) is 0. The summed E-state index contributed by atoms with van der Waals surface area (Å²) in [7, 11) is 0. The first-order valence-electron chi connectivity index (χ1n) is 4.61. The summed E-state index contributed by atoms with van der Waals surface area (Å²) in [5, 5.41) is 0.645. The van der Waals surface area contributed by atoms with E-state index in [9.17, 15) is 4.79 Å². The highest BCUT2D eigenvalue weighted by Gasteiger charge is 1.99. The first-order valence-corrected chi connectivity index (χ1v) is 4.99. The lowest BCUT2D eigenvalue weighted by molar-refractivity contribution is 0.112. The van der Waals surface area contributed by atoms with Crippen LogP contribution in [0.4, 0.5) is 0 Å². The molecule has 0 atom stereocenters. The molecule has 0 spiro atoms. The second-order valence-corrected chi connectivity index (χ2v) is 3.56. The third-order valence-corrected chi connectivity index (χ3v) is 2.17. The molecule has 0 fully saturated rings. The molecule has 0 aliphatic carbocycles. The van der Waals surface area contributed by atoms with E-state index in [-0.39, 0.29) is 0 Å². The van der Waals surface area contributed by atoms with Crippen LogP contribution in [0.5, 0.6) is 11.5 Å². The highest BCUT2D eigenvalue weighted by atomic mass is 35.5. The molecule has 0 radical (unpaired) electrons. The van der Waals surface area contributed by atoms with Gasteiger partial charge in [0.2, 0.25) is 0 Å². The number of aromatic nitrogens is 1. The van der Waals surface area contributed by atoms with Crippen LogP contribution in [0.2, 0.25) is 5.02 Å². The zero-order valence-electron chi connectivity index (χ0n) is 8.26. The molecule has 2 aromatic rings. The molecule has 16 heavy (non-hydrogen) atoms. The Morgan fingerprint density at radius 1 is 1.12 bits per heavy atom. The van der Waals surface area contributed by atoms with Crippen molar-refractivity contribution in [2.24, 2.45) is 0 Å². The molecule has 0 N–H and O–H groups in total. The quantitative estimate of drug-likeness (QED) is 0.764. The van der Waals surface area contributed by atoms with Crippen molar-refractivity contribution in [3.05, 3.63) is 53.3 Å². The van der Waals surface area contributed by atoms with E-state index in [4.69, 9.17) is 16.3 Å². The van der Waals surface area contributed by atoms with Crippen molar-refractivity contribution < 1.29 is 9.53 Å². The lowest BCUT2D eigenvalue weighted by atomic mass is 10.3. The maximum Gasteiger partial charge on any atom is 0.151 e. The van der Waals surface area contributed by atoms with Crippen LogP contribution in [0.25, 0.3) is 0 Å². The van der Waals surface area contributed by atoms with E-state index >= 15 is 0 Å². The largest absolute Gasteiger partial charge is 0.456 e. The SMILES string of the molecule is O=Cc1cncc(Oc2ccc(Cl)cc2)c1. The van der Waals surface area contributed by atoms with Crippen LogP contribution in [0.15, 0.2) is 42.7 Å². The van der Waals surface area contributed by atoms with Crippen LogP contribution >= 0.6 is 11.6 Å². The van der Waals surface area contributed by atoms with Gasteiger partial charge < -0.3 is 4.74 Å². The fourth-order valence-corrected chi connectivity index (χ4v) is 1.32. The number of hydrogen-bond acceptors (Lipinski definition) is 3. The molecule has 0 aliphatic heterocycles. The summed E-state index contributed by atoms with van der Waals surface area (Å²) in [6.07, 6.45) is 3.74. The number of hydrogen-bond donors (Lipinski definition) is 0. The van der Waals surface area contributed by atoms with Crippen LogP contribution < -0.4 is 4.74 Å². The van der Waals surface area contributed by atoms with Gasteiger partial charge in [-0.15, -0.1) is 0 Å². The normalized spacial score (nSPS) is 9.81. The predicted octanol–water partition coefficient (Wildman–Crippen LogP) is 3.34. The van der Waals surface area contributed by atoms with Crippen molar-refractivity contribution in [3.8, 4) is 11.5 Å². The van der Waals surface area contributed by atoms with Crippen LogP contribution in [0.3, 0.4) is 0 Å². The molecule has 4 heteroatoms. The van der Waals surface area contributed by atoms with E-state index in [0.29, 0.717) is 22.1 Å². The van der Waals surface area contributed by atoms with Gasteiger partial charge in [0.25, 0.3) is 0 Å². The molecule has 0 amide bonds. The second-order valence-electron chi connectivity index (χ2n) is 3.13. The summed E-state index contributed by atoms with van der Waals surface area (Å²) in [5.41, 5.74) is 0.478. The molecule has 80 valence electrons. The summed E-state index contributed by atoms with van der Waals surface area (Å²) in [6, 6.07) is 8.57. The highest BCUT2D eigenvalue weighted by molar-refractivity contribution is 6.30. The Hall–Kier alpha value is -1.87. The lowest BCUT2D eigenvalue weighted by Crippen LogP contribution is -1.88. The maximum atomic E-state index is 10.5. The Kier molecular flexibility index (Phi) is 3.17. The molecular formula is C12H8ClNO2. The van der Waals surface area contributed by atoms with E-state index in [2.05, 4.69) is 4.98 Å². The summed E-state index contributed by atoms with van der Waals surface area (Å²) < 4.78 is 5.50. The van der Waals surface area contributed by atoms with Gasteiger partial charge in [0.05, 0.1) is 6.20 Å². The number of pyridine rings is 1. The maximum absolute atomic E-state index is 10.5. The average Bonchev–Trinajstić information content (AvgIpc) is 2.32. The van der Waals surface area contributed by atoms with E-state index < -0.39 is 0 Å². The topological polar surface area (TPSA) is 39.2 Å². The third-order valence-electron chi connectivity index (χ3n) is 1.92. The number of carbonyl (C=O) groups is 1. The van der Waals surface area contributed by atoms with Crippen molar-refractivity contribution in [2.75, 3.05) is 0 Å². The van der Waals surface area contributed by atoms with Gasteiger partial charge in [0, 0.05) is 16.8 Å². The van der Waals surface area contributed by atoms with Crippen molar-refractivity contribution >= 4 is 17.9 Å². The number of nitrogens with zero attached hydrogens (tertiary/aromatic N) is 1. The van der Waals surface area contributed by atoms with Gasteiger partial charge in [-0.25, -0.2) is 0 Å². The Labute approximate surface area is 97.7 Å². The van der Waals surface area contributed by atoms with Gasteiger partial charge in [-0.2, -0.15) is 0 Å². The minimum Gasteiger partial charge on any atom is -0.456 e. The molecule has 2 rings (SSSR count). The number of aldehydes is 1. The molecule has 0 bridgehead atoms. The van der Waals surface area contributed by atoms with Crippen molar-refractivity contribution in [1.29, 1.82) is 0 Å². The average molecular weight is 234 g/mol. The number of halogens is 1. The van der Waals surface area contributed by atoms with E-state index in [1.165, 1.54) is 6.20 Å². The predicted molar refractivity (Wildman–Crippen MR) is 61.2 cm³/mol. The molecule has 3 nitrogen and oxygen atoms in total. The standard InChI is InChI=1S/C12H8ClNO2/c13-10-1-3-11(4-2-10)16-12-5-9(8-15)6-14-7-12/h1-8H. The Balaban J connectivity index is 2.20. The van der Waals surface area contributed by atoms with E-state index in [0.717, 1.165) is 6.29 Å². The van der Waals surface area contributed by atoms with E-state index in [1.807, 2.05) is 0 Å². The van der Waals surface area contributed by atoms with Crippen molar-refractivity contribution in [3.63, 3.8) is 0 Å². The number of carbonyl (C=O) groups excluding carboxylic acids is 1. The zero-order chi connectivity index (χ0) is 11.4. The van der Waals surface area contributed by atoms with Crippen LogP contribution in [-0.4, -0.2) is 11.3 Å². The lowest BCUT2D eigenvalue weighted by Gasteiger charge is -2.05. The van der Waals surface area contributed by atoms with E-state index in [1.54, 1.807) is 36.5 Å². The van der Waals surface area contributed by atoms with Gasteiger partial charge in [-0.3, -0.25) is 9.78 Å². The van der Waals surface area contributed by atoms with Gasteiger partial charge in [-0.1, -0.05) is 11.6 Å². The molecule has 1 aromatic carbocycles. The van der Waals surface area contributed by atoms with Crippen molar-refractivity contribution in [1.82, 2.24) is 4.98 Å². The molecule has 1 heterocycles. The minimum absolute atomic E-state index is 0.478. The fraction of sp³-hybridized carbons (Fsp3) is 0. The third kappa shape index (κ3) is 2.58.